The van der Waals surface area contributed by atoms with Gasteiger partial charge in [0.25, 0.3) is 11.8 Å². The Morgan fingerprint density at radius 2 is 1.00 bits per heavy atom. The molecule has 0 heterocycles. The smallest absolute Gasteiger partial charge is 0.321 e. The third-order valence-corrected chi connectivity index (χ3v) is 6.42. The van der Waals surface area contributed by atoms with Gasteiger partial charge in [-0.15, -0.1) is 0 Å². The molecule has 0 saturated carbocycles. The molecule has 8 N–H and O–H groups in total. The molecular weight excluding hydrogens is 588 g/mol. The lowest BCUT2D eigenvalue weighted by Gasteiger charge is -2.25. The molecular formula is C27H38N4O13. The van der Waals surface area contributed by atoms with Crippen LogP contribution in [0.2, 0.25) is 0 Å². The summed E-state index contributed by atoms with van der Waals surface area (Å²) in [6, 6.07) is 3.31. The predicted octanol–water partition coefficient (Wildman–Crippen LogP) is -0.799. The molecule has 0 aliphatic heterocycles. The van der Waals surface area contributed by atoms with Gasteiger partial charge in [0.15, 0.2) is 0 Å². The number of nitrogens with one attached hydrogen (secondary N) is 2. The van der Waals surface area contributed by atoms with Crippen LogP contribution in [-0.2, 0) is 24.0 Å². The number of aliphatic carboxylic acids is 5. The summed E-state index contributed by atoms with van der Waals surface area (Å²) < 4.78 is 0. The van der Waals surface area contributed by atoms with E-state index in [0.717, 1.165) is 9.80 Å². The molecule has 0 aliphatic rings. The van der Waals surface area contributed by atoms with E-state index >= 15 is 0 Å². The first-order valence-electron chi connectivity index (χ1n) is 13.6. The van der Waals surface area contributed by atoms with Gasteiger partial charge < -0.3 is 41.3 Å². The van der Waals surface area contributed by atoms with E-state index in [9.17, 15) is 48.9 Å². The highest BCUT2D eigenvalue weighted by molar-refractivity contribution is 5.99. The highest BCUT2D eigenvalue weighted by atomic mass is 16.4. The molecule has 1 rings (SSSR count). The number of unbranched alkanes of at least 4 members (excludes halogenated alkanes) is 2. The van der Waals surface area contributed by atoms with Crippen molar-refractivity contribution in [1.29, 1.82) is 0 Å². The van der Waals surface area contributed by atoms with E-state index in [4.69, 9.17) is 15.3 Å². The Hall–Kier alpha value is -4.61. The van der Waals surface area contributed by atoms with Crippen LogP contribution < -0.4 is 10.6 Å². The van der Waals surface area contributed by atoms with Gasteiger partial charge in [0, 0.05) is 24.2 Å². The normalized spacial score (nSPS) is 12.3. The Labute approximate surface area is 252 Å². The number of carboxylic acids is 5. The standard InChI is InChI=1S/C27H38N4O13/c32-16-31(15-23(37)38)20(27(43)44)9-2-4-11-29-25(40)18-7-5-6-17(12-18)24(39)28-10-3-1-8-19(26(41)42)30(13-21(33)34)14-22(35)36/h5-7,12,19-20,32H,1-4,8-11,13-16H2,(H,28,39)(H,29,40)(H,33,34)(H,35,36)(H,37,38)(H,41,42)(H,43,44)/t19-,20-/m0/s1. The van der Waals surface area contributed by atoms with Crippen molar-refractivity contribution in [3.05, 3.63) is 35.4 Å². The lowest BCUT2D eigenvalue weighted by Crippen LogP contribution is -2.46. The SMILES string of the molecule is O=C(O)CN(CO)[C@@H](CCCCNC(=O)c1cccc(C(=O)NCCCC[C@@H](C(=O)O)N(CC(=O)O)CC(=O)O)c1)C(=O)O. The molecule has 0 aliphatic carbocycles. The number of amides is 2. The van der Waals surface area contributed by atoms with Crippen LogP contribution in [0.15, 0.2) is 24.3 Å². The Morgan fingerprint density at radius 1 is 0.614 bits per heavy atom. The van der Waals surface area contributed by atoms with Gasteiger partial charge in [0.05, 0.1) is 26.4 Å². The molecule has 44 heavy (non-hydrogen) atoms. The maximum absolute atomic E-state index is 12.6. The predicted molar refractivity (Wildman–Crippen MR) is 150 cm³/mol. The highest BCUT2D eigenvalue weighted by Gasteiger charge is 2.29. The van der Waals surface area contributed by atoms with Gasteiger partial charge in [-0.3, -0.25) is 43.4 Å². The number of nitrogens with zero attached hydrogens (tertiary/aromatic N) is 2. The highest BCUT2D eigenvalue weighted by Crippen LogP contribution is 2.12. The molecule has 1 aromatic rings. The number of hydrogen-bond donors (Lipinski definition) is 8. The summed E-state index contributed by atoms with van der Waals surface area (Å²) in [5.74, 6) is -7.63. The van der Waals surface area contributed by atoms with E-state index in [-0.39, 0.29) is 43.5 Å². The summed E-state index contributed by atoms with van der Waals surface area (Å²) in [5, 5.41) is 60.2. The van der Waals surface area contributed by atoms with Crippen molar-refractivity contribution >= 4 is 41.7 Å². The quantitative estimate of drug-likeness (QED) is 0.0545. The van der Waals surface area contributed by atoms with Crippen molar-refractivity contribution in [1.82, 2.24) is 20.4 Å². The Balaban J connectivity index is 2.54. The molecule has 244 valence electrons. The lowest BCUT2D eigenvalue weighted by molar-refractivity contribution is -0.151. The second kappa shape index (κ2) is 19.6. The molecule has 1 aromatic carbocycles. The first kappa shape index (κ1) is 37.4. The molecule has 0 fully saturated rings. The molecule has 17 heteroatoms. The number of carbonyl (C=O) groups is 7. The van der Waals surface area contributed by atoms with Gasteiger partial charge >= 0.3 is 29.8 Å². The summed E-state index contributed by atoms with van der Waals surface area (Å²) in [4.78, 5) is 82.8. The van der Waals surface area contributed by atoms with Crippen molar-refractivity contribution in [3.63, 3.8) is 0 Å². The van der Waals surface area contributed by atoms with Gasteiger partial charge in [-0.2, -0.15) is 0 Å². The molecule has 0 spiro atoms. The number of benzene rings is 1. The van der Waals surface area contributed by atoms with Crippen LogP contribution in [0.3, 0.4) is 0 Å². The summed E-state index contributed by atoms with van der Waals surface area (Å²) in [6.07, 6.45) is 1.27. The average Bonchev–Trinajstić information content (AvgIpc) is 2.94. The number of rotatable bonds is 23. The second-order valence-corrected chi connectivity index (χ2v) is 9.77. The zero-order valence-electron chi connectivity index (χ0n) is 23.9. The zero-order valence-corrected chi connectivity index (χ0v) is 23.9. The zero-order chi connectivity index (χ0) is 33.2. The molecule has 2 amide bonds. The van der Waals surface area contributed by atoms with E-state index < -0.39 is 80.1 Å². The first-order chi connectivity index (χ1) is 20.8. The van der Waals surface area contributed by atoms with Gasteiger partial charge in [-0.05, 0) is 56.7 Å². The van der Waals surface area contributed by atoms with E-state index in [0.29, 0.717) is 19.3 Å². The van der Waals surface area contributed by atoms with E-state index in [1.54, 1.807) is 0 Å². The van der Waals surface area contributed by atoms with Crippen LogP contribution in [0, 0.1) is 0 Å². The van der Waals surface area contributed by atoms with Crippen molar-refractivity contribution in [2.45, 2.75) is 50.6 Å². The topological polar surface area (TPSA) is 271 Å². The maximum Gasteiger partial charge on any atom is 0.321 e. The fourth-order valence-electron chi connectivity index (χ4n) is 4.32. The van der Waals surface area contributed by atoms with Gasteiger partial charge in [0.2, 0.25) is 0 Å². The van der Waals surface area contributed by atoms with Crippen molar-refractivity contribution in [2.75, 3.05) is 39.5 Å². The van der Waals surface area contributed by atoms with Crippen molar-refractivity contribution < 1.29 is 64.2 Å². The molecule has 0 bridgehead atoms. The van der Waals surface area contributed by atoms with Crippen LogP contribution >= 0.6 is 0 Å². The molecule has 0 aromatic heterocycles. The Bertz CT molecular complexity index is 1160. The number of carbonyl (C=O) groups excluding carboxylic acids is 2. The monoisotopic (exact) mass is 626 g/mol. The fraction of sp³-hybridized carbons (Fsp3) is 0.519. The minimum Gasteiger partial charge on any atom is -0.480 e. The third kappa shape index (κ3) is 14.0. The van der Waals surface area contributed by atoms with Crippen LogP contribution in [0.25, 0.3) is 0 Å². The van der Waals surface area contributed by atoms with Gasteiger partial charge in [0.1, 0.15) is 12.1 Å². The second-order valence-electron chi connectivity index (χ2n) is 9.77. The van der Waals surface area contributed by atoms with Crippen molar-refractivity contribution in [3.8, 4) is 0 Å². The lowest BCUT2D eigenvalue weighted by atomic mass is 10.1. The molecule has 17 nitrogen and oxygen atoms in total. The van der Waals surface area contributed by atoms with Crippen LogP contribution in [-0.4, -0.2) is 134 Å². The number of aliphatic hydroxyl groups is 1. The minimum absolute atomic E-state index is 0.0413. The number of hydrogen-bond acceptors (Lipinski definition) is 10. The molecule has 2 atom stereocenters. The first-order valence-corrected chi connectivity index (χ1v) is 13.6. The van der Waals surface area contributed by atoms with E-state index in [1.807, 2.05) is 0 Å². The molecule has 0 saturated heterocycles. The van der Waals surface area contributed by atoms with Crippen LogP contribution in [0.1, 0.15) is 59.2 Å². The summed E-state index contributed by atoms with van der Waals surface area (Å²) in [5.41, 5.74) is 0.372. The van der Waals surface area contributed by atoms with Gasteiger partial charge in [-0.25, -0.2) is 0 Å². The Morgan fingerprint density at radius 3 is 1.36 bits per heavy atom. The van der Waals surface area contributed by atoms with Crippen LogP contribution in [0.4, 0.5) is 0 Å². The van der Waals surface area contributed by atoms with Crippen molar-refractivity contribution in [2.24, 2.45) is 0 Å². The average molecular weight is 627 g/mol. The summed E-state index contributed by atoms with van der Waals surface area (Å²) in [6.45, 7) is -2.58. The molecule has 0 unspecified atom stereocenters. The van der Waals surface area contributed by atoms with Crippen LogP contribution in [0.5, 0.6) is 0 Å². The largest absolute Gasteiger partial charge is 0.480 e. The molecule has 0 radical (unpaired) electrons. The van der Waals surface area contributed by atoms with Gasteiger partial charge in [-0.1, -0.05) is 6.07 Å². The Kier molecular flexibility index (Phi) is 16.6. The fourth-order valence-corrected chi connectivity index (χ4v) is 4.32. The summed E-state index contributed by atoms with van der Waals surface area (Å²) in [7, 11) is 0. The van der Waals surface area contributed by atoms with E-state index in [2.05, 4.69) is 10.6 Å². The number of carboxylic acid groups (broad SMARTS) is 5. The number of aliphatic hydroxyl groups excluding tert-OH is 1. The summed E-state index contributed by atoms with van der Waals surface area (Å²) >= 11 is 0. The van der Waals surface area contributed by atoms with E-state index in [1.165, 1.54) is 24.3 Å². The third-order valence-electron chi connectivity index (χ3n) is 6.42. The minimum atomic E-state index is -1.37. The maximum atomic E-state index is 12.6.